The second-order valence-corrected chi connectivity index (χ2v) is 9.57. The van der Waals surface area contributed by atoms with Crippen LogP contribution in [0.1, 0.15) is 22.3 Å². The number of nitrogens with zero attached hydrogens (tertiary/aromatic N) is 2. The standard InChI is InChI=1S/C18H17BrN2O5S/c19-15-5-1-3-13(9-15)11-20(17-7-8-27(25,26)12-17)18(22)14-4-2-6-16(10-14)21(23)24/h1-6,9-10,17H,7-8,11-12H2. The van der Waals surface area contributed by atoms with Gasteiger partial charge < -0.3 is 4.90 Å². The molecule has 0 spiro atoms. The summed E-state index contributed by atoms with van der Waals surface area (Å²) in [5, 5.41) is 11.0. The second-order valence-electron chi connectivity index (χ2n) is 6.43. The van der Waals surface area contributed by atoms with Gasteiger partial charge in [-0.25, -0.2) is 8.42 Å². The number of rotatable bonds is 5. The van der Waals surface area contributed by atoms with Gasteiger partial charge in [-0.05, 0) is 30.2 Å². The lowest BCUT2D eigenvalue weighted by molar-refractivity contribution is -0.384. The molecule has 0 aliphatic carbocycles. The molecule has 7 nitrogen and oxygen atoms in total. The summed E-state index contributed by atoms with van der Waals surface area (Å²) in [7, 11) is -3.19. The maximum absolute atomic E-state index is 13.1. The largest absolute Gasteiger partial charge is 0.330 e. The van der Waals surface area contributed by atoms with Crippen molar-refractivity contribution in [2.45, 2.75) is 19.0 Å². The van der Waals surface area contributed by atoms with E-state index >= 15 is 0 Å². The molecule has 0 N–H and O–H groups in total. The number of nitro groups is 1. The summed E-state index contributed by atoms with van der Waals surface area (Å²) < 4.78 is 24.7. The predicted molar refractivity (Wildman–Crippen MR) is 104 cm³/mol. The van der Waals surface area contributed by atoms with Gasteiger partial charge in [0.15, 0.2) is 9.84 Å². The number of hydrogen-bond acceptors (Lipinski definition) is 5. The molecule has 27 heavy (non-hydrogen) atoms. The summed E-state index contributed by atoms with van der Waals surface area (Å²) in [4.78, 5) is 25.1. The van der Waals surface area contributed by atoms with E-state index in [-0.39, 0.29) is 29.3 Å². The zero-order valence-corrected chi connectivity index (χ0v) is 16.6. The van der Waals surface area contributed by atoms with Crippen molar-refractivity contribution < 1.29 is 18.1 Å². The number of carbonyl (C=O) groups is 1. The van der Waals surface area contributed by atoms with Gasteiger partial charge in [0.1, 0.15) is 0 Å². The minimum atomic E-state index is -3.19. The van der Waals surface area contributed by atoms with Crippen molar-refractivity contribution in [2.24, 2.45) is 0 Å². The molecular weight excluding hydrogens is 436 g/mol. The highest BCUT2D eigenvalue weighted by Crippen LogP contribution is 2.24. The molecule has 2 aromatic rings. The quantitative estimate of drug-likeness (QED) is 0.512. The molecule has 9 heteroatoms. The predicted octanol–water partition coefficient (Wildman–Crippen LogP) is 3.19. The molecule has 1 amide bonds. The summed E-state index contributed by atoms with van der Waals surface area (Å²) in [6.07, 6.45) is 0.358. The monoisotopic (exact) mass is 452 g/mol. The Bertz CT molecular complexity index is 993. The highest BCUT2D eigenvalue weighted by atomic mass is 79.9. The number of nitro benzene ring substituents is 1. The topological polar surface area (TPSA) is 97.6 Å². The summed E-state index contributed by atoms with van der Waals surface area (Å²) in [5.74, 6) is -0.475. The van der Waals surface area contributed by atoms with E-state index in [2.05, 4.69) is 15.9 Å². The average Bonchev–Trinajstić information content (AvgIpc) is 2.99. The maximum Gasteiger partial charge on any atom is 0.270 e. The van der Waals surface area contributed by atoms with E-state index in [0.717, 1.165) is 10.0 Å². The molecule has 1 atom stereocenters. The van der Waals surface area contributed by atoms with Crippen molar-refractivity contribution in [3.8, 4) is 0 Å². The molecule has 1 saturated heterocycles. The number of sulfone groups is 1. The van der Waals surface area contributed by atoms with E-state index in [0.29, 0.717) is 6.42 Å². The van der Waals surface area contributed by atoms with Crippen LogP contribution in [0, 0.1) is 10.1 Å². The number of hydrogen-bond donors (Lipinski definition) is 0. The highest BCUT2D eigenvalue weighted by Gasteiger charge is 2.35. The van der Waals surface area contributed by atoms with E-state index in [1.165, 1.54) is 29.2 Å². The molecule has 0 bridgehead atoms. The number of carbonyl (C=O) groups excluding carboxylic acids is 1. The van der Waals surface area contributed by atoms with Crippen molar-refractivity contribution >= 4 is 37.4 Å². The van der Waals surface area contributed by atoms with Gasteiger partial charge in [0.25, 0.3) is 11.6 Å². The molecule has 0 radical (unpaired) electrons. The van der Waals surface area contributed by atoms with E-state index in [9.17, 15) is 23.3 Å². The second kappa shape index (κ2) is 7.77. The minimum absolute atomic E-state index is 0.0366. The lowest BCUT2D eigenvalue weighted by Gasteiger charge is -2.28. The molecule has 1 unspecified atom stereocenters. The third-order valence-corrected chi connectivity index (χ3v) is 6.70. The molecule has 142 valence electrons. The summed E-state index contributed by atoms with van der Waals surface area (Å²) >= 11 is 3.39. The van der Waals surface area contributed by atoms with E-state index in [1.807, 2.05) is 24.3 Å². The van der Waals surface area contributed by atoms with Gasteiger partial charge in [-0.15, -0.1) is 0 Å². The third-order valence-electron chi connectivity index (χ3n) is 4.46. The molecular formula is C18H17BrN2O5S. The van der Waals surface area contributed by atoms with Crippen molar-refractivity contribution in [3.05, 3.63) is 74.2 Å². The van der Waals surface area contributed by atoms with Crippen LogP contribution in [0.25, 0.3) is 0 Å². The number of benzene rings is 2. The van der Waals surface area contributed by atoms with Gasteiger partial charge >= 0.3 is 0 Å². The first kappa shape index (κ1) is 19.5. The summed E-state index contributed by atoms with van der Waals surface area (Å²) in [6.45, 7) is 0.223. The molecule has 0 saturated carbocycles. The lowest BCUT2D eigenvalue weighted by atomic mass is 10.1. The number of halogens is 1. The molecule has 1 heterocycles. The average molecular weight is 453 g/mol. The Kier molecular flexibility index (Phi) is 5.61. The zero-order valence-electron chi connectivity index (χ0n) is 14.2. The van der Waals surface area contributed by atoms with Gasteiger partial charge in [-0.1, -0.05) is 34.1 Å². The first-order valence-electron chi connectivity index (χ1n) is 8.25. The smallest absolute Gasteiger partial charge is 0.270 e. The molecule has 1 aliphatic heterocycles. The highest BCUT2D eigenvalue weighted by molar-refractivity contribution is 9.10. The third kappa shape index (κ3) is 4.72. The number of amides is 1. The van der Waals surface area contributed by atoms with E-state index in [1.54, 1.807) is 0 Å². The van der Waals surface area contributed by atoms with Crippen molar-refractivity contribution in [1.82, 2.24) is 4.90 Å². The van der Waals surface area contributed by atoms with Crippen LogP contribution in [0.2, 0.25) is 0 Å². The van der Waals surface area contributed by atoms with Crippen LogP contribution < -0.4 is 0 Å². The van der Waals surface area contributed by atoms with Crippen molar-refractivity contribution in [2.75, 3.05) is 11.5 Å². The van der Waals surface area contributed by atoms with Gasteiger partial charge in [-0.3, -0.25) is 14.9 Å². The number of non-ortho nitro benzene ring substituents is 1. The van der Waals surface area contributed by atoms with Crippen LogP contribution in [0.4, 0.5) is 5.69 Å². The summed E-state index contributed by atoms with van der Waals surface area (Å²) in [6, 6.07) is 12.4. The van der Waals surface area contributed by atoms with Gasteiger partial charge in [0.2, 0.25) is 0 Å². The lowest BCUT2D eigenvalue weighted by Crippen LogP contribution is -2.40. The first-order chi connectivity index (χ1) is 12.7. The van der Waals surface area contributed by atoms with E-state index < -0.39 is 26.7 Å². The Morgan fingerprint density at radius 1 is 1.22 bits per heavy atom. The minimum Gasteiger partial charge on any atom is -0.330 e. The van der Waals surface area contributed by atoms with Crippen LogP contribution in [0.15, 0.2) is 53.0 Å². The van der Waals surface area contributed by atoms with Gasteiger partial charge in [0.05, 0.1) is 16.4 Å². The Morgan fingerprint density at radius 2 is 1.96 bits per heavy atom. The van der Waals surface area contributed by atoms with Gasteiger partial charge in [-0.2, -0.15) is 0 Å². The molecule has 3 rings (SSSR count). The van der Waals surface area contributed by atoms with Crippen LogP contribution in [-0.2, 0) is 16.4 Å². The normalized spacial score (nSPS) is 18.2. The van der Waals surface area contributed by atoms with E-state index in [4.69, 9.17) is 0 Å². The molecule has 2 aromatic carbocycles. The molecule has 1 aliphatic rings. The van der Waals surface area contributed by atoms with Gasteiger partial charge in [0, 0.05) is 34.8 Å². The maximum atomic E-state index is 13.1. The molecule has 1 fully saturated rings. The molecule has 0 aromatic heterocycles. The van der Waals surface area contributed by atoms with Crippen LogP contribution in [0.5, 0.6) is 0 Å². The summed E-state index contributed by atoms with van der Waals surface area (Å²) in [5.41, 5.74) is 0.832. The van der Waals surface area contributed by atoms with Crippen LogP contribution in [-0.4, -0.2) is 41.7 Å². The Morgan fingerprint density at radius 3 is 2.59 bits per heavy atom. The van der Waals surface area contributed by atoms with Crippen molar-refractivity contribution in [1.29, 1.82) is 0 Å². The van der Waals surface area contributed by atoms with Crippen molar-refractivity contribution in [3.63, 3.8) is 0 Å². The Balaban J connectivity index is 1.94. The Labute approximate surface area is 165 Å². The fourth-order valence-electron chi connectivity index (χ4n) is 3.14. The first-order valence-corrected chi connectivity index (χ1v) is 10.9. The fourth-order valence-corrected chi connectivity index (χ4v) is 5.32. The fraction of sp³-hybridized carbons (Fsp3) is 0.278. The van der Waals surface area contributed by atoms with Crippen LogP contribution >= 0.6 is 15.9 Å². The SMILES string of the molecule is O=C(c1cccc([N+](=O)[O-])c1)N(Cc1cccc(Br)c1)C1CCS(=O)(=O)C1. The Hall–Kier alpha value is -2.26. The zero-order chi connectivity index (χ0) is 19.6. The van der Waals surface area contributed by atoms with Crippen LogP contribution in [0.3, 0.4) is 0 Å².